The zero-order valence-corrected chi connectivity index (χ0v) is 7.65. The fourth-order valence-corrected chi connectivity index (χ4v) is 2.34. The molecule has 2 rings (SSSR count). The van der Waals surface area contributed by atoms with Crippen LogP contribution in [0.2, 0.25) is 0 Å². The summed E-state index contributed by atoms with van der Waals surface area (Å²) in [5.41, 5.74) is 5.98. The van der Waals surface area contributed by atoms with Crippen LogP contribution in [0.3, 0.4) is 0 Å². The van der Waals surface area contributed by atoms with Crippen LogP contribution >= 0.6 is 12.4 Å². The van der Waals surface area contributed by atoms with Gasteiger partial charge in [0.25, 0.3) is 0 Å². The first-order valence-corrected chi connectivity index (χ1v) is 4.37. The fourth-order valence-electron chi connectivity index (χ4n) is 2.34. The Balaban J connectivity index is 0.000000605. The summed E-state index contributed by atoms with van der Waals surface area (Å²) in [7, 11) is 0. The molecule has 0 aromatic rings. The van der Waals surface area contributed by atoms with Crippen LogP contribution in [-0.4, -0.2) is 30.1 Å². The van der Waals surface area contributed by atoms with Gasteiger partial charge < -0.3 is 5.73 Å². The summed E-state index contributed by atoms with van der Waals surface area (Å²) >= 11 is 0. The van der Waals surface area contributed by atoms with Crippen molar-refractivity contribution in [3.63, 3.8) is 0 Å². The highest BCUT2D eigenvalue weighted by Gasteiger charge is 2.31. The van der Waals surface area contributed by atoms with E-state index in [4.69, 9.17) is 5.73 Å². The average Bonchev–Trinajstić information content (AvgIpc) is 2.36. The minimum atomic E-state index is 0. The number of hydrogen-bond donors (Lipinski definition) is 1. The van der Waals surface area contributed by atoms with Gasteiger partial charge in [0, 0.05) is 12.1 Å². The van der Waals surface area contributed by atoms with Crippen molar-refractivity contribution >= 4 is 12.4 Å². The molecule has 66 valence electrons. The quantitative estimate of drug-likeness (QED) is 0.597. The largest absolute Gasteiger partial charge is 0.326 e. The number of rotatable bonds is 0. The monoisotopic (exact) mass is 176 g/mol. The van der Waals surface area contributed by atoms with Crippen molar-refractivity contribution in [1.82, 2.24) is 4.90 Å². The van der Waals surface area contributed by atoms with Crippen LogP contribution in [0.4, 0.5) is 0 Å². The summed E-state index contributed by atoms with van der Waals surface area (Å²) in [5.74, 6) is 0. The van der Waals surface area contributed by atoms with Gasteiger partial charge in [0.1, 0.15) is 0 Å². The average molecular weight is 177 g/mol. The summed E-state index contributed by atoms with van der Waals surface area (Å²) in [4.78, 5) is 2.56. The lowest BCUT2D eigenvalue weighted by atomic mass is 9.98. The van der Waals surface area contributed by atoms with Gasteiger partial charge in [-0.3, -0.25) is 4.90 Å². The van der Waals surface area contributed by atoms with Crippen molar-refractivity contribution in [2.45, 2.75) is 37.8 Å². The highest BCUT2D eigenvalue weighted by molar-refractivity contribution is 5.85. The van der Waals surface area contributed by atoms with Gasteiger partial charge in [0.05, 0.1) is 0 Å². The molecule has 2 aliphatic heterocycles. The molecule has 11 heavy (non-hydrogen) atoms. The molecule has 0 saturated carbocycles. The molecular formula is C8H17ClN2. The zero-order chi connectivity index (χ0) is 6.97. The molecule has 0 amide bonds. The maximum atomic E-state index is 5.98. The van der Waals surface area contributed by atoms with Crippen molar-refractivity contribution in [3.05, 3.63) is 0 Å². The molecule has 2 aliphatic rings. The van der Waals surface area contributed by atoms with E-state index in [1.165, 1.54) is 38.8 Å². The molecule has 0 radical (unpaired) electrons. The van der Waals surface area contributed by atoms with Crippen LogP contribution in [-0.2, 0) is 0 Å². The van der Waals surface area contributed by atoms with Gasteiger partial charge in [-0.15, -0.1) is 12.4 Å². The summed E-state index contributed by atoms with van der Waals surface area (Å²) < 4.78 is 0. The summed E-state index contributed by atoms with van der Waals surface area (Å²) in [6.07, 6.45) is 5.29. The topological polar surface area (TPSA) is 29.3 Å². The molecule has 0 aromatic carbocycles. The Hall–Kier alpha value is 0.210. The molecule has 0 aliphatic carbocycles. The van der Waals surface area contributed by atoms with E-state index in [2.05, 4.69) is 4.90 Å². The Morgan fingerprint density at radius 3 is 2.36 bits per heavy atom. The Morgan fingerprint density at radius 1 is 1.09 bits per heavy atom. The number of piperidine rings is 1. The van der Waals surface area contributed by atoms with E-state index >= 15 is 0 Å². The van der Waals surface area contributed by atoms with Crippen molar-refractivity contribution in [2.75, 3.05) is 13.1 Å². The zero-order valence-electron chi connectivity index (χ0n) is 6.83. The van der Waals surface area contributed by atoms with Crippen LogP contribution in [0.15, 0.2) is 0 Å². The second kappa shape index (κ2) is 3.74. The molecule has 0 aromatic heterocycles. The van der Waals surface area contributed by atoms with Crippen molar-refractivity contribution < 1.29 is 0 Å². The van der Waals surface area contributed by atoms with Gasteiger partial charge in [-0.25, -0.2) is 0 Å². The fraction of sp³-hybridized carbons (Fsp3) is 1.00. The molecule has 2 nitrogen and oxygen atoms in total. The number of nitrogens with zero attached hydrogens (tertiary/aromatic N) is 1. The predicted molar refractivity (Wildman–Crippen MR) is 49.1 cm³/mol. The van der Waals surface area contributed by atoms with E-state index in [0.29, 0.717) is 6.04 Å². The smallest absolute Gasteiger partial charge is 0.0247 e. The van der Waals surface area contributed by atoms with E-state index in [1.807, 2.05) is 0 Å². The Labute approximate surface area is 74.5 Å². The molecule has 3 heteroatoms. The highest BCUT2D eigenvalue weighted by Crippen LogP contribution is 2.25. The molecule has 0 spiro atoms. The number of fused-ring (bicyclic) bond motifs is 1. The van der Waals surface area contributed by atoms with Crippen LogP contribution in [0, 0.1) is 0 Å². The molecule has 0 bridgehead atoms. The second-order valence-corrected chi connectivity index (χ2v) is 3.55. The minimum Gasteiger partial charge on any atom is -0.326 e. The molecule has 2 heterocycles. The molecular weight excluding hydrogens is 160 g/mol. The first kappa shape index (κ1) is 9.30. The van der Waals surface area contributed by atoms with Gasteiger partial charge in [-0.2, -0.15) is 0 Å². The lowest BCUT2D eigenvalue weighted by Gasteiger charge is -2.34. The predicted octanol–water partition coefficient (Wildman–Crippen LogP) is 0.994. The number of hydrogen-bond acceptors (Lipinski definition) is 2. The third kappa shape index (κ3) is 1.68. The van der Waals surface area contributed by atoms with E-state index in [-0.39, 0.29) is 12.4 Å². The Morgan fingerprint density at radius 2 is 1.73 bits per heavy atom. The first-order chi connectivity index (χ1) is 4.88. The molecule has 0 unspecified atom stereocenters. The third-order valence-corrected chi connectivity index (χ3v) is 2.89. The minimum absolute atomic E-state index is 0. The van der Waals surface area contributed by atoms with Crippen molar-refractivity contribution in [3.8, 4) is 0 Å². The van der Waals surface area contributed by atoms with Crippen LogP contribution < -0.4 is 5.73 Å². The summed E-state index contributed by atoms with van der Waals surface area (Å²) in [6, 6.07) is 1.23. The highest BCUT2D eigenvalue weighted by atomic mass is 35.5. The summed E-state index contributed by atoms with van der Waals surface area (Å²) in [5, 5.41) is 0. The molecule has 2 saturated heterocycles. The van der Waals surface area contributed by atoms with Crippen molar-refractivity contribution in [1.29, 1.82) is 0 Å². The third-order valence-electron chi connectivity index (χ3n) is 2.89. The Kier molecular flexibility index (Phi) is 3.16. The molecule has 2 atom stereocenters. The maximum absolute atomic E-state index is 5.98. The van der Waals surface area contributed by atoms with Gasteiger partial charge in [-0.05, 0) is 38.8 Å². The SMILES string of the molecule is Cl.N[C@@H]1CCCN2CCC[C@@H]12. The van der Waals surface area contributed by atoms with E-state index in [0.717, 1.165) is 6.04 Å². The van der Waals surface area contributed by atoms with Crippen LogP contribution in [0.25, 0.3) is 0 Å². The standard InChI is InChI=1S/C8H16N2.ClH/c9-7-3-1-5-10-6-2-4-8(7)10;/h7-8H,1-6,9H2;1H/t7-,8+;/m1./s1. The van der Waals surface area contributed by atoms with Gasteiger partial charge >= 0.3 is 0 Å². The van der Waals surface area contributed by atoms with Crippen molar-refractivity contribution in [2.24, 2.45) is 5.73 Å². The maximum Gasteiger partial charge on any atom is 0.0247 e. The number of nitrogens with two attached hydrogens (primary N) is 1. The summed E-state index contributed by atoms with van der Waals surface area (Å²) in [6.45, 7) is 2.61. The lowest BCUT2D eigenvalue weighted by Crippen LogP contribution is -2.48. The second-order valence-electron chi connectivity index (χ2n) is 3.55. The van der Waals surface area contributed by atoms with Gasteiger partial charge in [0.2, 0.25) is 0 Å². The van der Waals surface area contributed by atoms with E-state index < -0.39 is 0 Å². The normalized spacial score (nSPS) is 37.9. The van der Waals surface area contributed by atoms with Gasteiger partial charge in [-0.1, -0.05) is 0 Å². The Bertz CT molecular complexity index is 129. The number of halogens is 1. The molecule has 2 N–H and O–H groups in total. The molecule has 2 fully saturated rings. The van der Waals surface area contributed by atoms with Crippen LogP contribution in [0.1, 0.15) is 25.7 Å². The van der Waals surface area contributed by atoms with E-state index in [1.54, 1.807) is 0 Å². The lowest BCUT2D eigenvalue weighted by molar-refractivity contribution is 0.174. The van der Waals surface area contributed by atoms with Gasteiger partial charge in [0.15, 0.2) is 0 Å². The van der Waals surface area contributed by atoms with E-state index in [9.17, 15) is 0 Å². The first-order valence-electron chi connectivity index (χ1n) is 4.37. The van der Waals surface area contributed by atoms with Crippen LogP contribution in [0.5, 0.6) is 0 Å².